The highest BCUT2D eigenvalue weighted by Gasteiger charge is 2.43. The molecular formula is C14H22O9. The SMILES string of the molecule is CCCCOC(=O)C(O)(CC(=O)OC)CC(=O)OC(=O)OCC. The second-order valence-corrected chi connectivity index (χ2v) is 4.61. The molecule has 1 N–H and O–H groups in total. The predicted octanol–water partition coefficient (Wildman–Crippen LogP) is 0.714. The lowest BCUT2D eigenvalue weighted by Gasteiger charge is -2.23. The van der Waals surface area contributed by atoms with Crippen molar-refractivity contribution in [2.24, 2.45) is 0 Å². The number of esters is 3. The summed E-state index contributed by atoms with van der Waals surface area (Å²) in [5, 5.41) is 10.3. The highest BCUT2D eigenvalue weighted by Crippen LogP contribution is 2.20. The molecule has 0 aromatic heterocycles. The van der Waals surface area contributed by atoms with E-state index in [-0.39, 0.29) is 13.2 Å². The third-order valence-electron chi connectivity index (χ3n) is 2.67. The van der Waals surface area contributed by atoms with Gasteiger partial charge in [-0.1, -0.05) is 13.3 Å². The monoisotopic (exact) mass is 334 g/mol. The number of ether oxygens (including phenoxy) is 4. The third kappa shape index (κ3) is 8.15. The zero-order chi connectivity index (χ0) is 17.9. The van der Waals surface area contributed by atoms with Crippen molar-refractivity contribution in [3.05, 3.63) is 0 Å². The molecule has 0 radical (unpaired) electrons. The van der Waals surface area contributed by atoms with Gasteiger partial charge in [-0.25, -0.2) is 9.59 Å². The van der Waals surface area contributed by atoms with Gasteiger partial charge in [0.1, 0.15) is 0 Å². The van der Waals surface area contributed by atoms with Crippen molar-refractivity contribution in [3.8, 4) is 0 Å². The summed E-state index contributed by atoms with van der Waals surface area (Å²) >= 11 is 0. The van der Waals surface area contributed by atoms with E-state index >= 15 is 0 Å². The van der Waals surface area contributed by atoms with Gasteiger partial charge in [-0.15, -0.1) is 0 Å². The molecule has 0 aliphatic rings. The highest BCUT2D eigenvalue weighted by molar-refractivity contribution is 5.92. The van der Waals surface area contributed by atoms with E-state index in [4.69, 9.17) is 4.74 Å². The van der Waals surface area contributed by atoms with Crippen molar-refractivity contribution in [2.75, 3.05) is 20.3 Å². The van der Waals surface area contributed by atoms with Crippen LogP contribution in [0.2, 0.25) is 0 Å². The standard InChI is InChI=1S/C14H22O9/c1-4-6-7-22-12(17)14(19,8-10(15)20-3)9-11(16)23-13(18)21-5-2/h19H,4-9H2,1-3H3. The van der Waals surface area contributed by atoms with Crippen LogP contribution in [0.4, 0.5) is 4.79 Å². The van der Waals surface area contributed by atoms with Gasteiger partial charge in [0, 0.05) is 0 Å². The van der Waals surface area contributed by atoms with Crippen LogP contribution in [0.1, 0.15) is 39.5 Å². The fourth-order valence-electron chi connectivity index (χ4n) is 1.48. The summed E-state index contributed by atoms with van der Waals surface area (Å²) in [6.07, 6.45) is -1.74. The summed E-state index contributed by atoms with van der Waals surface area (Å²) in [7, 11) is 1.06. The van der Waals surface area contributed by atoms with Gasteiger partial charge in [0.25, 0.3) is 0 Å². The molecule has 23 heavy (non-hydrogen) atoms. The van der Waals surface area contributed by atoms with Gasteiger partial charge >= 0.3 is 24.1 Å². The number of methoxy groups -OCH3 is 1. The maximum Gasteiger partial charge on any atom is 0.516 e. The number of hydrogen-bond donors (Lipinski definition) is 1. The van der Waals surface area contributed by atoms with Gasteiger partial charge in [-0.05, 0) is 13.3 Å². The van der Waals surface area contributed by atoms with Crippen LogP contribution in [-0.4, -0.2) is 55.1 Å². The van der Waals surface area contributed by atoms with E-state index in [9.17, 15) is 24.3 Å². The van der Waals surface area contributed by atoms with Crippen molar-refractivity contribution >= 4 is 24.1 Å². The minimum atomic E-state index is -2.48. The Morgan fingerprint density at radius 2 is 1.61 bits per heavy atom. The molecule has 9 nitrogen and oxygen atoms in total. The summed E-state index contributed by atoms with van der Waals surface area (Å²) in [6.45, 7) is 3.37. The Bertz CT molecular complexity index is 432. The van der Waals surface area contributed by atoms with Crippen LogP contribution in [-0.2, 0) is 33.3 Å². The number of rotatable bonds is 9. The fourth-order valence-corrected chi connectivity index (χ4v) is 1.48. The van der Waals surface area contributed by atoms with E-state index < -0.39 is 42.5 Å². The van der Waals surface area contributed by atoms with Gasteiger partial charge in [-0.2, -0.15) is 0 Å². The van der Waals surface area contributed by atoms with E-state index in [1.807, 2.05) is 6.92 Å². The Balaban J connectivity index is 4.90. The summed E-state index contributed by atoms with van der Waals surface area (Å²) in [5.41, 5.74) is -2.48. The molecule has 132 valence electrons. The molecule has 1 unspecified atom stereocenters. The molecule has 0 aromatic rings. The van der Waals surface area contributed by atoms with Crippen LogP contribution in [0, 0.1) is 0 Å². The highest BCUT2D eigenvalue weighted by atomic mass is 16.7. The van der Waals surface area contributed by atoms with Crippen LogP contribution in [0.25, 0.3) is 0 Å². The summed E-state index contributed by atoms with van der Waals surface area (Å²) < 4.78 is 17.9. The second-order valence-electron chi connectivity index (χ2n) is 4.61. The van der Waals surface area contributed by atoms with Crippen LogP contribution >= 0.6 is 0 Å². The zero-order valence-corrected chi connectivity index (χ0v) is 13.5. The van der Waals surface area contributed by atoms with Crippen LogP contribution in [0.3, 0.4) is 0 Å². The Hall–Kier alpha value is -2.16. The summed E-state index contributed by atoms with van der Waals surface area (Å²) in [4.78, 5) is 45.9. The second kappa shape index (κ2) is 10.5. The maximum absolute atomic E-state index is 11.9. The topological polar surface area (TPSA) is 125 Å². The van der Waals surface area contributed by atoms with Gasteiger partial charge in [0.05, 0.1) is 33.2 Å². The molecule has 9 heteroatoms. The predicted molar refractivity (Wildman–Crippen MR) is 75.2 cm³/mol. The van der Waals surface area contributed by atoms with E-state index in [1.165, 1.54) is 6.92 Å². The quantitative estimate of drug-likeness (QED) is 0.281. The molecule has 0 bridgehead atoms. The minimum absolute atomic E-state index is 0.0163. The number of aliphatic hydroxyl groups is 1. The smallest absolute Gasteiger partial charge is 0.469 e. The molecule has 0 heterocycles. The lowest BCUT2D eigenvalue weighted by atomic mass is 9.95. The Morgan fingerprint density at radius 3 is 2.13 bits per heavy atom. The van der Waals surface area contributed by atoms with Gasteiger partial charge in [-0.3, -0.25) is 9.59 Å². The third-order valence-corrected chi connectivity index (χ3v) is 2.67. The van der Waals surface area contributed by atoms with Crippen LogP contribution < -0.4 is 0 Å². The number of hydrogen-bond acceptors (Lipinski definition) is 9. The van der Waals surface area contributed by atoms with Gasteiger partial charge in [0.2, 0.25) is 0 Å². The Labute approximate surface area is 133 Å². The molecular weight excluding hydrogens is 312 g/mol. The minimum Gasteiger partial charge on any atom is -0.469 e. The molecule has 0 saturated heterocycles. The average molecular weight is 334 g/mol. The molecule has 0 spiro atoms. The number of carbonyl (C=O) groups is 4. The van der Waals surface area contributed by atoms with E-state index in [1.54, 1.807) is 0 Å². The van der Waals surface area contributed by atoms with E-state index in [0.29, 0.717) is 6.42 Å². The molecule has 0 aliphatic carbocycles. The van der Waals surface area contributed by atoms with Crippen LogP contribution in [0.5, 0.6) is 0 Å². The average Bonchev–Trinajstić information content (AvgIpc) is 2.46. The van der Waals surface area contributed by atoms with Crippen molar-refractivity contribution in [2.45, 2.75) is 45.1 Å². The van der Waals surface area contributed by atoms with Crippen molar-refractivity contribution in [1.82, 2.24) is 0 Å². The van der Waals surface area contributed by atoms with Crippen molar-refractivity contribution in [1.29, 1.82) is 0 Å². The van der Waals surface area contributed by atoms with Crippen molar-refractivity contribution < 1.29 is 43.2 Å². The number of carbonyl (C=O) groups excluding carboxylic acids is 4. The lowest BCUT2D eigenvalue weighted by molar-refractivity contribution is -0.176. The summed E-state index contributed by atoms with van der Waals surface area (Å²) in [6, 6.07) is 0. The molecule has 0 saturated carbocycles. The number of unbranched alkanes of at least 4 members (excludes halogenated alkanes) is 1. The molecule has 0 aromatic carbocycles. The first kappa shape index (κ1) is 20.8. The molecule has 0 amide bonds. The van der Waals surface area contributed by atoms with Gasteiger partial charge in [0.15, 0.2) is 5.60 Å². The molecule has 1 atom stereocenters. The molecule has 0 rings (SSSR count). The molecule has 0 aliphatic heterocycles. The molecule has 0 fully saturated rings. The van der Waals surface area contributed by atoms with Crippen LogP contribution in [0.15, 0.2) is 0 Å². The Morgan fingerprint density at radius 1 is 1.00 bits per heavy atom. The first-order chi connectivity index (χ1) is 10.8. The zero-order valence-electron chi connectivity index (χ0n) is 13.5. The normalized spacial score (nSPS) is 12.7. The first-order valence-corrected chi connectivity index (χ1v) is 7.12. The van der Waals surface area contributed by atoms with Crippen molar-refractivity contribution in [3.63, 3.8) is 0 Å². The van der Waals surface area contributed by atoms with E-state index in [2.05, 4.69) is 14.2 Å². The Kier molecular flexibility index (Phi) is 9.56. The fraction of sp³-hybridized carbons (Fsp3) is 0.714. The maximum atomic E-state index is 11.9. The van der Waals surface area contributed by atoms with Gasteiger partial charge < -0.3 is 24.1 Å². The largest absolute Gasteiger partial charge is 0.516 e. The lowest BCUT2D eigenvalue weighted by Crippen LogP contribution is -2.45. The summed E-state index contributed by atoms with van der Waals surface area (Å²) in [5.74, 6) is -3.33. The first-order valence-electron chi connectivity index (χ1n) is 7.12. The van der Waals surface area contributed by atoms with E-state index in [0.717, 1.165) is 13.5 Å².